The third-order valence-electron chi connectivity index (χ3n) is 3.55. The highest BCUT2D eigenvalue weighted by Crippen LogP contribution is 2.27. The van der Waals surface area contributed by atoms with Gasteiger partial charge in [0.05, 0.1) is 11.1 Å². The van der Waals surface area contributed by atoms with E-state index in [1.807, 2.05) is 26.0 Å². The summed E-state index contributed by atoms with van der Waals surface area (Å²) in [5, 5.41) is 24.2. The molecule has 2 N–H and O–H groups in total. The minimum absolute atomic E-state index is 0.116. The van der Waals surface area contributed by atoms with Gasteiger partial charge >= 0.3 is 5.69 Å². The largest absolute Gasteiger partial charge is 0.502 e. The van der Waals surface area contributed by atoms with Gasteiger partial charge in [0.15, 0.2) is 6.61 Å². The smallest absolute Gasteiger partial charge is 0.311 e. The molecule has 0 unspecified atom stereocenters. The van der Waals surface area contributed by atoms with Crippen molar-refractivity contribution in [1.29, 1.82) is 0 Å². The van der Waals surface area contributed by atoms with Gasteiger partial charge in [-0.3, -0.25) is 14.9 Å². The fraction of sp³-hybridized carbons (Fsp3) is 0.176. The second kappa shape index (κ2) is 7.91. The van der Waals surface area contributed by atoms with Crippen LogP contribution in [0.2, 0.25) is 0 Å². The van der Waals surface area contributed by atoms with Gasteiger partial charge in [-0.25, -0.2) is 5.43 Å². The predicted molar refractivity (Wildman–Crippen MR) is 91.9 cm³/mol. The first kappa shape index (κ1) is 17.9. The first-order valence-electron chi connectivity index (χ1n) is 7.37. The summed E-state index contributed by atoms with van der Waals surface area (Å²) in [4.78, 5) is 21.8. The van der Waals surface area contributed by atoms with Crippen molar-refractivity contribution in [2.45, 2.75) is 13.8 Å². The molecular weight excluding hydrogens is 326 g/mol. The first-order valence-corrected chi connectivity index (χ1v) is 7.37. The molecule has 2 aromatic rings. The highest BCUT2D eigenvalue weighted by molar-refractivity contribution is 5.87. The number of carbonyl (C=O) groups excluding carboxylic acids is 1. The van der Waals surface area contributed by atoms with E-state index in [-0.39, 0.29) is 12.2 Å². The number of para-hydroxylation sites is 1. The van der Waals surface area contributed by atoms with Crippen LogP contribution in [-0.4, -0.2) is 28.8 Å². The van der Waals surface area contributed by atoms with Crippen LogP contribution in [0.1, 0.15) is 16.7 Å². The highest BCUT2D eigenvalue weighted by atomic mass is 16.6. The molecule has 0 heterocycles. The maximum absolute atomic E-state index is 11.7. The van der Waals surface area contributed by atoms with E-state index in [1.54, 1.807) is 6.07 Å². The van der Waals surface area contributed by atoms with Gasteiger partial charge in [-0.15, -0.1) is 0 Å². The van der Waals surface area contributed by atoms with Crippen LogP contribution in [0.5, 0.6) is 11.5 Å². The Morgan fingerprint density at radius 3 is 2.76 bits per heavy atom. The number of hydrogen-bond donors (Lipinski definition) is 2. The van der Waals surface area contributed by atoms with Crippen LogP contribution in [-0.2, 0) is 4.79 Å². The van der Waals surface area contributed by atoms with Crippen molar-refractivity contribution in [2.75, 3.05) is 6.61 Å². The zero-order valence-electron chi connectivity index (χ0n) is 13.7. The third-order valence-corrected chi connectivity index (χ3v) is 3.55. The molecule has 0 aliphatic rings. The van der Waals surface area contributed by atoms with Gasteiger partial charge in [-0.2, -0.15) is 5.10 Å². The lowest BCUT2D eigenvalue weighted by Crippen LogP contribution is -2.24. The highest BCUT2D eigenvalue weighted by Gasteiger charge is 2.15. The normalized spacial score (nSPS) is 10.6. The monoisotopic (exact) mass is 343 g/mol. The van der Waals surface area contributed by atoms with Gasteiger partial charge in [0.1, 0.15) is 5.75 Å². The second-order valence-electron chi connectivity index (χ2n) is 5.25. The molecule has 0 radical (unpaired) electrons. The van der Waals surface area contributed by atoms with Crippen LogP contribution in [0.25, 0.3) is 0 Å². The predicted octanol–water partition coefficient (Wildman–Crippen LogP) is 2.45. The molecule has 0 bridgehead atoms. The lowest BCUT2D eigenvalue weighted by atomic mass is 10.1. The molecule has 0 aliphatic carbocycles. The van der Waals surface area contributed by atoms with E-state index < -0.39 is 22.3 Å². The number of ether oxygens (including phenoxy) is 1. The summed E-state index contributed by atoms with van der Waals surface area (Å²) in [7, 11) is 0. The van der Waals surface area contributed by atoms with Crippen molar-refractivity contribution in [3.05, 3.63) is 63.2 Å². The molecule has 0 aromatic heterocycles. The Kier molecular flexibility index (Phi) is 5.67. The molecule has 130 valence electrons. The standard InChI is InChI=1S/C17H17N3O5/c1-11-5-3-8-15(12(11)2)25-10-16(21)19-18-9-13-6-4-7-14(17(13)22)20(23)24/h3-9,22H,10H2,1-2H3,(H,19,21)/b18-9-. The SMILES string of the molecule is Cc1cccc(OCC(=O)N/N=C\c2cccc([N+](=O)[O-])c2O)c1C. The maximum atomic E-state index is 11.7. The topological polar surface area (TPSA) is 114 Å². The van der Waals surface area contributed by atoms with Crippen molar-refractivity contribution in [3.8, 4) is 11.5 Å². The van der Waals surface area contributed by atoms with E-state index in [0.29, 0.717) is 5.75 Å². The number of aryl methyl sites for hydroxylation is 1. The van der Waals surface area contributed by atoms with E-state index in [0.717, 1.165) is 17.3 Å². The summed E-state index contributed by atoms with van der Waals surface area (Å²) in [5.41, 5.74) is 3.91. The van der Waals surface area contributed by atoms with Crippen molar-refractivity contribution >= 4 is 17.8 Å². The lowest BCUT2D eigenvalue weighted by molar-refractivity contribution is -0.385. The zero-order chi connectivity index (χ0) is 18.4. The van der Waals surface area contributed by atoms with Gasteiger partial charge in [-0.05, 0) is 37.1 Å². The van der Waals surface area contributed by atoms with E-state index in [4.69, 9.17) is 4.74 Å². The molecule has 1 amide bonds. The molecule has 0 spiro atoms. The van der Waals surface area contributed by atoms with E-state index in [1.165, 1.54) is 18.2 Å². The number of hydrogen-bond acceptors (Lipinski definition) is 6. The van der Waals surface area contributed by atoms with E-state index in [9.17, 15) is 20.0 Å². The number of nitrogens with zero attached hydrogens (tertiary/aromatic N) is 2. The third kappa shape index (κ3) is 4.54. The average molecular weight is 343 g/mol. The minimum atomic E-state index is -0.705. The number of carbonyl (C=O) groups is 1. The molecule has 0 atom stereocenters. The molecule has 2 aromatic carbocycles. The minimum Gasteiger partial charge on any atom is -0.502 e. The Hall–Kier alpha value is -3.42. The number of phenolic OH excluding ortho intramolecular Hbond substituents is 1. The fourth-order valence-electron chi connectivity index (χ4n) is 2.03. The van der Waals surface area contributed by atoms with Gasteiger partial charge in [0, 0.05) is 11.6 Å². The summed E-state index contributed by atoms with van der Waals surface area (Å²) < 4.78 is 5.43. The molecule has 8 nitrogen and oxygen atoms in total. The number of nitro benzene ring substituents is 1. The first-order chi connectivity index (χ1) is 11.9. The molecule has 0 saturated carbocycles. The van der Waals surface area contributed by atoms with Crippen LogP contribution in [0.4, 0.5) is 5.69 Å². The molecule has 25 heavy (non-hydrogen) atoms. The van der Waals surface area contributed by atoms with Crippen LogP contribution >= 0.6 is 0 Å². The van der Waals surface area contributed by atoms with E-state index >= 15 is 0 Å². The second-order valence-corrected chi connectivity index (χ2v) is 5.25. The maximum Gasteiger partial charge on any atom is 0.311 e. The number of nitrogens with one attached hydrogen (secondary N) is 1. The summed E-state index contributed by atoms with van der Waals surface area (Å²) in [6.07, 6.45) is 1.12. The number of benzene rings is 2. The number of nitro groups is 1. The summed E-state index contributed by atoms with van der Waals surface area (Å²) in [5.74, 6) is -0.408. The summed E-state index contributed by atoms with van der Waals surface area (Å²) in [6.45, 7) is 3.60. The van der Waals surface area contributed by atoms with Crippen molar-refractivity contribution in [2.24, 2.45) is 5.10 Å². The van der Waals surface area contributed by atoms with Gasteiger partial charge in [0.25, 0.3) is 5.91 Å². The van der Waals surface area contributed by atoms with Crippen LogP contribution in [0.15, 0.2) is 41.5 Å². The van der Waals surface area contributed by atoms with Crippen molar-refractivity contribution in [1.82, 2.24) is 5.43 Å². The summed E-state index contributed by atoms with van der Waals surface area (Å²) >= 11 is 0. The lowest BCUT2D eigenvalue weighted by Gasteiger charge is -2.09. The van der Waals surface area contributed by atoms with Crippen LogP contribution < -0.4 is 10.2 Å². The Morgan fingerprint density at radius 2 is 2.04 bits per heavy atom. The molecule has 0 saturated heterocycles. The van der Waals surface area contributed by atoms with Gasteiger partial charge in [-0.1, -0.05) is 18.2 Å². The number of hydrazone groups is 1. The molecule has 2 rings (SSSR count). The Morgan fingerprint density at radius 1 is 1.32 bits per heavy atom. The average Bonchev–Trinajstić information content (AvgIpc) is 2.57. The summed E-state index contributed by atoms with van der Waals surface area (Å²) in [6, 6.07) is 9.55. The fourth-order valence-corrected chi connectivity index (χ4v) is 2.03. The molecule has 0 fully saturated rings. The Labute approximate surface area is 143 Å². The number of aromatic hydroxyl groups is 1. The number of phenols is 1. The van der Waals surface area contributed by atoms with Gasteiger partial charge < -0.3 is 9.84 Å². The van der Waals surface area contributed by atoms with E-state index in [2.05, 4.69) is 10.5 Å². The molecule has 8 heteroatoms. The zero-order valence-corrected chi connectivity index (χ0v) is 13.7. The van der Waals surface area contributed by atoms with Crippen LogP contribution in [0.3, 0.4) is 0 Å². The van der Waals surface area contributed by atoms with Crippen molar-refractivity contribution < 1.29 is 19.6 Å². The Bertz CT molecular complexity index is 833. The van der Waals surface area contributed by atoms with Crippen molar-refractivity contribution in [3.63, 3.8) is 0 Å². The number of amides is 1. The quantitative estimate of drug-likeness (QED) is 0.475. The van der Waals surface area contributed by atoms with Gasteiger partial charge in [0.2, 0.25) is 5.75 Å². The van der Waals surface area contributed by atoms with Crippen LogP contribution in [0, 0.1) is 24.0 Å². The molecular formula is C17H17N3O5. The molecule has 0 aliphatic heterocycles. The number of rotatable bonds is 6. The Balaban J connectivity index is 1.94.